The van der Waals surface area contributed by atoms with Crippen LogP contribution in [0.2, 0.25) is 0 Å². The lowest BCUT2D eigenvalue weighted by Crippen LogP contribution is -2.17. The highest BCUT2D eigenvalue weighted by Crippen LogP contribution is 2.24. The van der Waals surface area contributed by atoms with Gasteiger partial charge in [0.05, 0.1) is 0 Å². The van der Waals surface area contributed by atoms with Gasteiger partial charge in [-0.05, 0) is 29.3 Å². The SMILES string of the molecule is O=Cc1ccc(-c2cccc(NC(=O)C(F)c3ccccc3)c2)cn1. The molecule has 0 radical (unpaired) electrons. The number of hydrogen-bond donors (Lipinski definition) is 1. The Morgan fingerprint density at radius 2 is 1.80 bits per heavy atom. The van der Waals surface area contributed by atoms with Gasteiger partial charge in [-0.2, -0.15) is 0 Å². The van der Waals surface area contributed by atoms with E-state index in [1.54, 1.807) is 66.9 Å². The molecular weight excluding hydrogens is 319 g/mol. The normalized spacial score (nSPS) is 11.6. The van der Waals surface area contributed by atoms with E-state index in [2.05, 4.69) is 10.3 Å². The van der Waals surface area contributed by atoms with E-state index in [9.17, 15) is 14.0 Å². The van der Waals surface area contributed by atoms with Crippen LogP contribution in [0.4, 0.5) is 10.1 Å². The molecule has 0 saturated heterocycles. The summed E-state index contributed by atoms with van der Waals surface area (Å²) in [6.07, 6.45) is 0.510. The predicted molar refractivity (Wildman–Crippen MR) is 94.0 cm³/mol. The summed E-state index contributed by atoms with van der Waals surface area (Å²) in [7, 11) is 0. The molecular formula is C20H15FN2O2. The highest BCUT2D eigenvalue weighted by molar-refractivity contribution is 5.95. The van der Waals surface area contributed by atoms with Gasteiger partial charge in [0.25, 0.3) is 5.91 Å². The van der Waals surface area contributed by atoms with Gasteiger partial charge in [0.2, 0.25) is 6.17 Å². The van der Waals surface area contributed by atoms with Gasteiger partial charge >= 0.3 is 0 Å². The Kier molecular flexibility index (Phi) is 4.95. The Hall–Kier alpha value is -3.34. The third-order valence-corrected chi connectivity index (χ3v) is 3.69. The number of alkyl halides is 1. The van der Waals surface area contributed by atoms with Crippen molar-refractivity contribution in [3.8, 4) is 11.1 Å². The molecule has 3 aromatic rings. The first-order valence-corrected chi connectivity index (χ1v) is 7.69. The molecule has 25 heavy (non-hydrogen) atoms. The van der Waals surface area contributed by atoms with Crippen molar-refractivity contribution in [1.82, 2.24) is 4.98 Å². The van der Waals surface area contributed by atoms with Gasteiger partial charge < -0.3 is 5.32 Å². The molecule has 4 nitrogen and oxygen atoms in total. The second-order valence-electron chi connectivity index (χ2n) is 5.43. The minimum atomic E-state index is -1.74. The number of rotatable bonds is 5. The highest BCUT2D eigenvalue weighted by atomic mass is 19.1. The predicted octanol–water partition coefficient (Wildman–Crippen LogP) is 4.21. The van der Waals surface area contributed by atoms with Gasteiger partial charge in [-0.15, -0.1) is 0 Å². The zero-order valence-corrected chi connectivity index (χ0v) is 13.2. The van der Waals surface area contributed by atoms with E-state index in [4.69, 9.17) is 0 Å². The quantitative estimate of drug-likeness (QED) is 0.711. The maximum absolute atomic E-state index is 14.3. The number of benzene rings is 2. The van der Waals surface area contributed by atoms with Crippen LogP contribution in [0.5, 0.6) is 0 Å². The Bertz CT molecular complexity index is 880. The van der Waals surface area contributed by atoms with E-state index in [1.807, 2.05) is 6.07 Å². The number of anilines is 1. The number of pyridine rings is 1. The molecule has 2 aromatic carbocycles. The van der Waals surface area contributed by atoms with Crippen molar-refractivity contribution in [2.75, 3.05) is 5.32 Å². The second kappa shape index (κ2) is 7.49. The molecule has 0 saturated carbocycles. The van der Waals surface area contributed by atoms with Crippen molar-refractivity contribution in [3.05, 3.63) is 84.2 Å². The summed E-state index contributed by atoms with van der Waals surface area (Å²) in [5, 5.41) is 2.58. The molecule has 124 valence electrons. The Morgan fingerprint density at radius 3 is 2.48 bits per heavy atom. The van der Waals surface area contributed by atoms with Crippen LogP contribution in [-0.4, -0.2) is 17.2 Å². The second-order valence-corrected chi connectivity index (χ2v) is 5.43. The monoisotopic (exact) mass is 334 g/mol. The fourth-order valence-electron chi connectivity index (χ4n) is 2.40. The van der Waals surface area contributed by atoms with Crippen molar-refractivity contribution in [3.63, 3.8) is 0 Å². The van der Waals surface area contributed by atoms with Crippen molar-refractivity contribution in [2.24, 2.45) is 0 Å². The van der Waals surface area contributed by atoms with Crippen LogP contribution in [0.25, 0.3) is 11.1 Å². The first-order chi connectivity index (χ1) is 12.2. The lowest BCUT2D eigenvalue weighted by atomic mass is 10.1. The molecule has 0 aliphatic heterocycles. The van der Waals surface area contributed by atoms with Crippen LogP contribution in [0.1, 0.15) is 22.2 Å². The molecule has 0 fully saturated rings. The minimum Gasteiger partial charge on any atom is -0.323 e. The first kappa shape index (κ1) is 16.5. The number of carbonyl (C=O) groups excluding carboxylic acids is 2. The summed E-state index contributed by atoms with van der Waals surface area (Å²) in [5.74, 6) is -0.724. The van der Waals surface area contributed by atoms with E-state index in [0.717, 1.165) is 11.1 Å². The molecule has 1 unspecified atom stereocenters. The van der Waals surface area contributed by atoms with Crippen LogP contribution in [0.3, 0.4) is 0 Å². The van der Waals surface area contributed by atoms with E-state index >= 15 is 0 Å². The maximum Gasteiger partial charge on any atom is 0.263 e. The number of nitrogens with one attached hydrogen (secondary N) is 1. The lowest BCUT2D eigenvalue weighted by Gasteiger charge is -2.11. The van der Waals surface area contributed by atoms with Crippen molar-refractivity contribution in [2.45, 2.75) is 6.17 Å². The van der Waals surface area contributed by atoms with Gasteiger partial charge in [0.1, 0.15) is 5.69 Å². The number of carbonyl (C=O) groups is 2. The number of amides is 1. The third-order valence-electron chi connectivity index (χ3n) is 3.69. The fourth-order valence-corrected chi connectivity index (χ4v) is 2.40. The minimum absolute atomic E-state index is 0.310. The van der Waals surface area contributed by atoms with Crippen LogP contribution in [0.15, 0.2) is 72.9 Å². The van der Waals surface area contributed by atoms with Gasteiger partial charge in [0, 0.05) is 17.4 Å². The average Bonchev–Trinajstić information content (AvgIpc) is 2.68. The summed E-state index contributed by atoms with van der Waals surface area (Å²) in [4.78, 5) is 26.8. The molecule has 1 N–H and O–H groups in total. The van der Waals surface area contributed by atoms with Gasteiger partial charge in [0.15, 0.2) is 6.29 Å². The van der Waals surface area contributed by atoms with Crippen LogP contribution >= 0.6 is 0 Å². The van der Waals surface area contributed by atoms with Crippen molar-refractivity contribution < 1.29 is 14.0 Å². The van der Waals surface area contributed by atoms with Crippen LogP contribution < -0.4 is 5.32 Å². The number of hydrogen-bond acceptors (Lipinski definition) is 3. The Morgan fingerprint density at radius 1 is 1.00 bits per heavy atom. The molecule has 0 aliphatic carbocycles. The van der Waals surface area contributed by atoms with E-state index in [1.165, 1.54) is 0 Å². The smallest absolute Gasteiger partial charge is 0.263 e. The van der Waals surface area contributed by atoms with Crippen LogP contribution in [0, 0.1) is 0 Å². The zero-order chi connectivity index (χ0) is 17.6. The molecule has 0 bridgehead atoms. The maximum atomic E-state index is 14.3. The lowest BCUT2D eigenvalue weighted by molar-refractivity contribution is -0.121. The summed E-state index contributed by atoms with van der Waals surface area (Å²) in [5.41, 5.74) is 2.74. The van der Waals surface area contributed by atoms with Crippen molar-refractivity contribution in [1.29, 1.82) is 0 Å². The molecule has 3 rings (SSSR count). The number of nitrogens with zero attached hydrogens (tertiary/aromatic N) is 1. The van der Waals surface area contributed by atoms with Gasteiger partial charge in [-0.3, -0.25) is 14.6 Å². The first-order valence-electron chi connectivity index (χ1n) is 7.69. The number of aromatic nitrogens is 1. The highest BCUT2D eigenvalue weighted by Gasteiger charge is 2.19. The molecule has 0 aliphatic rings. The molecule has 1 atom stereocenters. The summed E-state index contributed by atoms with van der Waals surface area (Å²) in [6, 6.07) is 18.7. The topological polar surface area (TPSA) is 59.1 Å². The van der Waals surface area contributed by atoms with Gasteiger partial charge in [-0.1, -0.05) is 48.5 Å². The Balaban J connectivity index is 1.77. The fraction of sp³-hybridized carbons (Fsp3) is 0.0500. The average molecular weight is 334 g/mol. The van der Waals surface area contributed by atoms with Crippen molar-refractivity contribution >= 4 is 17.9 Å². The van der Waals surface area contributed by atoms with E-state index in [-0.39, 0.29) is 0 Å². The molecule has 0 spiro atoms. The molecule has 1 amide bonds. The van der Waals surface area contributed by atoms with E-state index in [0.29, 0.717) is 23.2 Å². The standard InChI is InChI=1S/C20H15FN2O2/c21-19(14-5-2-1-3-6-14)20(25)23-17-8-4-7-15(11-17)16-9-10-18(13-24)22-12-16/h1-13,19H,(H,23,25). The largest absolute Gasteiger partial charge is 0.323 e. The van der Waals surface area contributed by atoms with Gasteiger partial charge in [-0.25, -0.2) is 4.39 Å². The number of halogens is 1. The summed E-state index contributed by atoms with van der Waals surface area (Å²) in [6.45, 7) is 0. The molecule has 5 heteroatoms. The third kappa shape index (κ3) is 3.95. The Labute approximate surface area is 144 Å². The van der Waals surface area contributed by atoms with E-state index < -0.39 is 12.1 Å². The molecule has 1 aromatic heterocycles. The number of aldehydes is 1. The zero-order valence-electron chi connectivity index (χ0n) is 13.2. The summed E-state index contributed by atoms with van der Waals surface area (Å²) >= 11 is 0. The molecule has 1 heterocycles. The van der Waals surface area contributed by atoms with Crippen LogP contribution in [-0.2, 0) is 4.79 Å². The summed E-state index contributed by atoms with van der Waals surface area (Å²) < 4.78 is 14.3.